The summed E-state index contributed by atoms with van der Waals surface area (Å²) < 4.78 is 48.9. The second-order valence-corrected chi connectivity index (χ2v) is 4.64. The Bertz CT molecular complexity index is 526. The molecule has 1 unspecified atom stereocenters. The molecule has 0 amide bonds. The molecule has 0 bridgehead atoms. The van der Waals surface area contributed by atoms with Crippen LogP contribution in [0, 0.1) is 0 Å². The van der Waals surface area contributed by atoms with Crippen molar-refractivity contribution in [3.63, 3.8) is 0 Å². The molecule has 0 radical (unpaired) electrons. The maximum Gasteiger partial charge on any atom is 0.416 e. The number of benzene rings is 1. The van der Waals surface area contributed by atoms with Crippen LogP contribution >= 0.6 is 0 Å². The van der Waals surface area contributed by atoms with Crippen LogP contribution in [-0.2, 0) is 10.9 Å². The lowest BCUT2D eigenvalue weighted by molar-refractivity contribution is -0.137. The van der Waals surface area contributed by atoms with E-state index in [1.54, 1.807) is 0 Å². The first-order chi connectivity index (χ1) is 9.91. The standard InChI is InChI=1S/C13H15F3N2O3/c14-13(15,16)8-3-4-11(10(6-8)12(17)18-19)21-7-9-2-1-5-20-9/h3-4,6,9,19H,1-2,5,7H2,(H2,17,18). The lowest BCUT2D eigenvalue weighted by atomic mass is 10.1. The largest absolute Gasteiger partial charge is 0.490 e. The van der Waals surface area contributed by atoms with E-state index in [0.29, 0.717) is 6.61 Å². The predicted octanol–water partition coefficient (Wildman–Crippen LogP) is 2.36. The zero-order valence-corrected chi connectivity index (χ0v) is 11.1. The number of amidine groups is 1. The van der Waals surface area contributed by atoms with E-state index in [0.717, 1.165) is 31.0 Å². The summed E-state index contributed by atoms with van der Waals surface area (Å²) in [6.45, 7) is 0.852. The second-order valence-electron chi connectivity index (χ2n) is 4.64. The molecule has 2 rings (SSSR count). The predicted molar refractivity (Wildman–Crippen MR) is 68.4 cm³/mol. The Morgan fingerprint density at radius 2 is 2.24 bits per heavy atom. The maximum atomic E-state index is 12.7. The molecule has 1 aromatic carbocycles. The van der Waals surface area contributed by atoms with Gasteiger partial charge < -0.3 is 20.4 Å². The van der Waals surface area contributed by atoms with Crippen LogP contribution < -0.4 is 10.5 Å². The van der Waals surface area contributed by atoms with Gasteiger partial charge in [0, 0.05) is 6.61 Å². The SMILES string of the molecule is N/C(=N\O)c1cc(C(F)(F)F)ccc1OCC1CCCO1. The minimum Gasteiger partial charge on any atom is -0.490 e. The molecule has 1 aromatic rings. The molecule has 5 nitrogen and oxygen atoms in total. The molecule has 1 aliphatic rings. The molecule has 8 heteroatoms. The highest BCUT2D eigenvalue weighted by molar-refractivity contribution is 5.99. The van der Waals surface area contributed by atoms with E-state index in [2.05, 4.69) is 5.16 Å². The third kappa shape index (κ3) is 3.78. The maximum absolute atomic E-state index is 12.7. The summed E-state index contributed by atoms with van der Waals surface area (Å²) in [6.07, 6.45) is -2.85. The minimum absolute atomic E-state index is 0.0903. The summed E-state index contributed by atoms with van der Waals surface area (Å²) in [7, 11) is 0. The average Bonchev–Trinajstić information content (AvgIpc) is 2.96. The first-order valence-electron chi connectivity index (χ1n) is 6.35. The van der Waals surface area contributed by atoms with Crippen LogP contribution in [0.2, 0.25) is 0 Å². The van der Waals surface area contributed by atoms with E-state index in [9.17, 15) is 13.2 Å². The molecule has 0 saturated carbocycles. The number of rotatable bonds is 4. The second kappa shape index (κ2) is 6.21. The Hall–Kier alpha value is -1.96. The quantitative estimate of drug-likeness (QED) is 0.387. The van der Waals surface area contributed by atoms with E-state index < -0.39 is 17.6 Å². The van der Waals surface area contributed by atoms with E-state index >= 15 is 0 Å². The average molecular weight is 304 g/mol. The fourth-order valence-corrected chi connectivity index (χ4v) is 2.04. The molecule has 1 aliphatic heterocycles. The highest BCUT2D eigenvalue weighted by Crippen LogP contribution is 2.32. The Labute approximate surface area is 119 Å². The van der Waals surface area contributed by atoms with Crippen LogP contribution in [0.1, 0.15) is 24.0 Å². The first-order valence-corrected chi connectivity index (χ1v) is 6.35. The summed E-state index contributed by atoms with van der Waals surface area (Å²) in [4.78, 5) is 0. The van der Waals surface area contributed by atoms with Gasteiger partial charge in [0.15, 0.2) is 5.84 Å². The lowest BCUT2D eigenvalue weighted by Crippen LogP contribution is -2.20. The summed E-state index contributed by atoms with van der Waals surface area (Å²) in [6, 6.07) is 2.84. The molecule has 1 fully saturated rings. The molecule has 116 valence electrons. The first kappa shape index (κ1) is 15.4. The number of halogens is 3. The molecule has 0 aromatic heterocycles. The van der Waals surface area contributed by atoms with Crippen LogP contribution in [0.3, 0.4) is 0 Å². The van der Waals surface area contributed by atoms with Gasteiger partial charge in [-0.3, -0.25) is 0 Å². The Kier molecular flexibility index (Phi) is 4.56. The Morgan fingerprint density at radius 3 is 2.81 bits per heavy atom. The number of ether oxygens (including phenoxy) is 2. The zero-order chi connectivity index (χ0) is 15.5. The van der Waals surface area contributed by atoms with Gasteiger partial charge in [-0.1, -0.05) is 5.16 Å². The number of alkyl halides is 3. The Morgan fingerprint density at radius 1 is 1.48 bits per heavy atom. The molecule has 0 spiro atoms. The van der Waals surface area contributed by atoms with E-state index in [4.69, 9.17) is 20.4 Å². The highest BCUT2D eigenvalue weighted by Gasteiger charge is 2.31. The fourth-order valence-electron chi connectivity index (χ4n) is 2.04. The number of oxime groups is 1. The topological polar surface area (TPSA) is 77.1 Å². The Balaban J connectivity index is 2.22. The number of hydrogen-bond donors (Lipinski definition) is 2. The van der Waals surface area contributed by atoms with Gasteiger partial charge in [-0.05, 0) is 31.0 Å². The number of nitrogens with zero attached hydrogens (tertiary/aromatic N) is 1. The monoisotopic (exact) mass is 304 g/mol. The van der Waals surface area contributed by atoms with Gasteiger partial charge in [-0.2, -0.15) is 13.2 Å². The molecule has 1 saturated heterocycles. The number of nitrogens with two attached hydrogens (primary N) is 1. The van der Waals surface area contributed by atoms with Crippen molar-refractivity contribution < 1.29 is 27.9 Å². The molecule has 1 heterocycles. The van der Waals surface area contributed by atoms with Crippen LogP contribution in [0.15, 0.2) is 23.4 Å². The molecule has 3 N–H and O–H groups in total. The minimum atomic E-state index is -4.52. The van der Waals surface area contributed by atoms with Crippen molar-refractivity contribution in [1.29, 1.82) is 0 Å². The van der Waals surface area contributed by atoms with Gasteiger partial charge in [-0.25, -0.2) is 0 Å². The molecule has 1 atom stereocenters. The zero-order valence-electron chi connectivity index (χ0n) is 11.1. The van der Waals surface area contributed by atoms with E-state index in [1.807, 2.05) is 0 Å². The third-order valence-electron chi connectivity index (χ3n) is 3.14. The summed E-state index contributed by atoms with van der Waals surface area (Å²) in [5, 5.41) is 11.4. The van der Waals surface area contributed by atoms with Crippen molar-refractivity contribution in [2.75, 3.05) is 13.2 Å². The molecule has 0 aliphatic carbocycles. The van der Waals surface area contributed by atoms with Crippen molar-refractivity contribution in [2.45, 2.75) is 25.1 Å². The smallest absolute Gasteiger partial charge is 0.416 e. The van der Waals surface area contributed by atoms with Crippen molar-refractivity contribution >= 4 is 5.84 Å². The van der Waals surface area contributed by atoms with Gasteiger partial charge in [-0.15, -0.1) is 0 Å². The summed E-state index contributed by atoms with van der Waals surface area (Å²) in [5.41, 5.74) is 4.41. The van der Waals surface area contributed by atoms with E-state index in [-0.39, 0.29) is 24.0 Å². The molecular formula is C13H15F3N2O3. The van der Waals surface area contributed by atoms with Crippen LogP contribution in [0.4, 0.5) is 13.2 Å². The van der Waals surface area contributed by atoms with E-state index in [1.165, 1.54) is 0 Å². The molecule has 21 heavy (non-hydrogen) atoms. The van der Waals surface area contributed by atoms with Crippen LogP contribution in [0.5, 0.6) is 5.75 Å². The van der Waals surface area contributed by atoms with Gasteiger partial charge >= 0.3 is 6.18 Å². The van der Waals surface area contributed by atoms with Gasteiger partial charge in [0.05, 0.1) is 17.2 Å². The normalized spacial score (nSPS) is 19.8. The van der Waals surface area contributed by atoms with Gasteiger partial charge in [0.25, 0.3) is 0 Å². The van der Waals surface area contributed by atoms with Crippen molar-refractivity contribution in [1.82, 2.24) is 0 Å². The van der Waals surface area contributed by atoms with Crippen molar-refractivity contribution in [2.24, 2.45) is 10.9 Å². The third-order valence-corrected chi connectivity index (χ3v) is 3.14. The van der Waals surface area contributed by atoms with Crippen LogP contribution in [0.25, 0.3) is 0 Å². The number of hydrogen-bond acceptors (Lipinski definition) is 4. The highest BCUT2D eigenvalue weighted by atomic mass is 19.4. The summed E-state index contributed by atoms with van der Waals surface area (Å²) in [5.74, 6) is -0.322. The molecular weight excluding hydrogens is 289 g/mol. The lowest BCUT2D eigenvalue weighted by Gasteiger charge is -2.16. The van der Waals surface area contributed by atoms with Gasteiger partial charge in [0.2, 0.25) is 0 Å². The fraction of sp³-hybridized carbons (Fsp3) is 0.462. The van der Waals surface area contributed by atoms with Crippen molar-refractivity contribution in [3.8, 4) is 5.75 Å². The summed E-state index contributed by atoms with van der Waals surface area (Å²) >= 11 is 0. The van der Waals surface area contributed by atoms with Crippen molar-refractivity contribution in [3.05, 3.63) is 29.3 Å². The van der Waals surface area contributed by atoms with Gasteiger partial charge in [0.1, 0.15) is 12.4 Å². The van der Waals surface area contributed by atoms with Crippen LogP contribution in [-0.4, -0.2) is 30.4 Å².